The number of halogens is 1. The lowest BCUT2D eigenvalue weighted by Crippen LogP contribution is -2.51. The summed E-state index contributed by atoms with van der Waals surface area (Å²) in [5.74, 6) is 0. The molecule has 2 rings (SSSR count). The van der Waals surface area contributed by atoms with Crippen LogP contribution >= 0.6 is 0 Å². The number of rotatable bonds is 3. The van der Waals surface area contributed by atoms with Gasteiger partial charge in [-0.05, 0) is 18.5 Å². The summed E-state index contributed by atoms with van der Waals surface area (Å²) >= 11 is 0. The predicted octanol–water partition coefficient (Wildman–Crippen LogP) is 1.96. The molecular weight excluding hydrogens is 247 g/mol. The number of benzene rings is 1. The maximum Gasteiger partial charge on any atom is 0.410 e. The van der Waals surface area contributed by atoms with Gasteiger partial charge in [-0.3, -0.25) is 0 Å². The number of hydrogen-bond donors (Lipinski definition) is 1. The van der Waals surface area contributed by atoms with Crippen molar-refractivity contribution in [2.24, 2.45) is 0 Å². The molecule has 104 valence electrons. The number of alkyl halides is 1. The SMILES string of the molecule is CN(C(=O)OCc1ccccc1)[C@H]1CCNC[C@H]1F. The van der Waals surface area contributed by atoms with E-state index in [1.54, 1.807) is 7.05 Å². The van der Waals surface area contributed by atoms with Crippen LogP contribution in [-0.4, -0.2) is 43.3 Å². The molecule has 0 radical (unpaired) electrons. The van der Waals surface area contributed by atoms with Crippen molar-refractivity contribution in [3.8, 4) is 0 Å². The number of ether oxygens (including phenoxy) is 1. The average Bonchev–Trinajstić information content (AvgIpc) is 2.45. The first-order valence-electron chi connectivity index (χ1n) is 6.47. The fraction of sp³-hybridized carbons (Fsp3) is 0.500. The van der Waals surface area contributed by atoms with E-state index in [1.165, 1.54) is 4.90 Å². The summed E-state index contributed by atoms with van der Waals surface area (Å²) in [4.78, 5) is 13.2. The van der Waals surface area contributed by atoms with Gasteiger partial charge in [0.25, 0.3) is 0 Å². The molecule has 1 aromatic carbocycles. The molecule has 0 spiro atoms. The van der Waals surface area contributed by atoms with Crippen molar-refractivity contribution in [1.29, 1.82) is 0 Å². The first-order chi connectivity index (χ1) is 9.18. The van der Waals surface area contributed by atoms with Crippen molar-refractivity contribution in [2.75, 3.05) is 20.1 Å². The Balaban J connectivity index is 1.85. The molecule has 0 saturated carbocycles. The standard InChI is InChI=1S/C14H19FN2O2/c1-17(13-7-8-16-9-12(13)15)14(18)19-10-11-5-3-2-4-6-11/h2-6,12-13,16H,7-10H2,1H3/t12-,13+/m1/s1. The van der Waals surface area contributed by atoms with Crippen molar-refractivity contribution < 1.29 is 13.9 Å². The number of carbonyl (C=O) groups excluding carboxylic acids is 1. The molecule has 1 heterocycles. The van der Waals surface area contributed by atoms with Crippen LogP contribution in [0.1, 0.15) is 12.0 Å². The monoisotopic (exact) mass is 266 g/mol. The van der Waals surface area contributed by atoms with Crippen LogP contribution in [0.2, 0.25) is 0 Å². The highest BCUT2D eigenvalue weighted by atomic mass is 19.1. The van der Waals surface area contributed by atoms with Gasteiger partial charge in [-0.2, -0.15) is 0 Å². The zero-order chi connectivity index (χ0) is 13.7. The van der Waals surface area contributed by atoms with E-state index < -0.39 is 18.3 Å². The van der Waals surface area contributed by atoms with E-state index in [0.29, 0.717) is 13.0 Å². The minimum Gasteiger partial charge on any atom is -0.445 e. The molecule has 1 amide bonds. The van der Waals surface area contributed by atoms with Crippen LogP contribution in [0.4, 0.5) is 9.18 Å². The summed E-state index contributed by atoms with van der Waals surface area (Å²) in [6.45, 7) is 1.23. The summed E-state index contributed by atoms with van der Waals surface area (Å²) in [6.07, 6.45) is -0.903. The highest BCUT2D eigenvalue weighted by Crippen LogP contribution is 2.15. The van der Waals surface area contributed by atoms with Gasteiger partial charge in [-0.1, -0.05) is 30.3 Å². The molecular formula is C14H19FN2O2. The second-order valence-corrected chi connectivity index (χ2v) is 4.73. The highest BCUT2D eigenvalue weighted by molar-refractivity contribution is 5.67. The third kappa shape index (κ3) is 3.67. The Morgan fingerprint density at radius 1 is 1.47 bits per heavy atom. The average molecular weight is 266 g/mol. The maximum absolute atomic E-state index is 13.7. The minimum atomic E-state index is -1.04. The topological polar surface area (TPSA) is 41.6 Å². The molecule has 19 heavy (non-hydrogen) atoms. The first-order valence-corrected chi connectivity index (χ1v) is 6.47. The third-order valence-electron chi connectivity index (χ3n) is 3.36. The Kier molecular flexibility index (Phi) is 4.74. The van der Waals surface area contributed by atoms with Crippen LogP contribution in [0.5, 0.6) is 0 Å². The van der Waals surface area contributed by atoms with Gasteiger partial charge in [0.15, 0.2) is 0 Å². The Labute approximate surface area is 112 Å². The van der Waals surface area contributed by atoms with Crippen LogP contribution in [0.3, 0.4) is 0 Å². The van der Waals surface area contributed by atoms with Crippen molar-refractivity contribution in [2.45, 2.75) is 25.2 Å². The third-order valence-corrected chi connectivity index (χ3v) is 3.36. The first kappa shape index (κ1) is 13.8. The number of hydrogen-bond acceptors (Lipinski definition) is 3. The van der Waals surface area contributed by atoms with Crippen molar-refractivity contribution in [3.63, 3.8) is 0 Å². The molecule has 0 aromatic heterocycles. The van der Waals surface area contributed by atoms with Crippen LogP contribution in [0.25, 0.3) is 0 Å². The lowest BCUT2D eigenvalue weighted by Gasteiger charge is -2.33. The second-order valence-electron chi connectivity index (χ2n) is 4.73. The minimum absolute atomic E-state index is 0.214. The van der Waals surface area contributed by atoms with Gasteiger partial charge < -0.3 is 15.0 Å². The summed E-state index contributed by atoms with van der Waals surface area (Å²) in [5.41, 5.74) is 0.923. The molecule has 0 bridgehead atoms. The molecule has 1 aliphatic heterocycles. The van der Waals surface area contributed by atoms with Gasteiger partial charge in [0, 0.05) is 13.6 Å². The van der Waals surface area contributed by atoms with E-state index in [2.05, 4.69) is 5.32 Å². The van der Waals surface area contributed by atoms with E-state index in [4.69, 9.17) is 4.74 Å². The zero-order valence-electron chi connectivity index (χ0n) is 11.0. The molecule has 1 aliphatic rings. The van der Waals surface area contributed by atoms with Gasteiger partial charge in [0.05, 0.1) is 6.04 Å². The predicted molar refractivity (Wildman–Crippen MR) is 70.6 cm³/mol. The molecule has 0 aliphatic carbocycles. The van der Waals surface area contributed by atoms with Crippen LogP contribution in [-0.2, 0) is 11.3 Å². The molecule has 1 fully saturated rings. The van der Waals surface area contributed by atoms with E-state index >= 15 is 0 Å². The van der Waals surface area contributed by atoms with Gasteiger partial charge in [-0.15, -0.1) is 0 Å². The maximum atomic E-state index is 13.7. The van der Waals surface area contributed by atoms with E-state index in [9.17, 15) is 9.18 Å². The molecule has 0 unspecified atom stereocenters. The summed E-state index contributed by atoms with van der Waals surface area (Å²) in [6, 6.07) is 9.05. The van der Waals surface area contributed by atoms with Gasteiger partial charge in [0.2, 0.25) is 0 Å². The fourth-order valence-electron chi connectivity index (χ4n) is 2.20. The largest absolute Gasteiger partial charge is 0.445 e. The summed E-state index contributed by atoms with van der Waals surface area (Å²) in [7, 11) is 1.59. The van der Waals surface area contributed by atoms with Gasteiger partial charge in [0.1, 0.15) is 12.8 Å². The fourth-order valence-corrected chi connectivity index (χ4v) is 2.20. The summed E-state index contributed by atoms with van der Waals surface area (Å²) < 4.78 is 18.9. The number of nitrogens with one attached hydrogen (secondary N) is 1. The van der Waals surface area contributed by atoms with Crippen molar-refractivity contribution in [3.05, 3.63) is 35.9 Å². The second kappa shape index (κ2) is 6.52. The molecule has 1 saturated heterocycles. The van der Waals surface area contributed by atoms with Crippen LogP contribution in [0.15, 0.2) is 30.3 Å². The van der Waals surface area contributed by atoms with Gasteiger partial charge >= 0.3 is 6.09 Å². The Morgan fingerprint density at radius 3 is 2.89 bits per heavy atom. The Morgan fingerprint density at radius 2 is 2.21 bits per heavy atom. The highest BCUT2D eigenvalue weighted by Gasteiger charge is 2.31. The Bertz CT molecular complexity index is 413. The van der Waals surface area contributed by atoms with E-state index in [1.807, 2.05) is 30.3 Å². The Hall–Kier alpha value is -1.62. The van der Waals surface area contributed by atoms with Crippen molar-refractivity contribution >= 4 is 6.09 Å². The summed E-state index contributed by atoms with van der Waals surface area (Å²) in [5, 5.41) is 2.96. The normalized spacial score (nSPS) is 22.8. The molecule has 2 atom stereocenters. The molecule has 1 aromatic rings. The van der Waals surface area contributed by atoms with Crippen LogP contribution in [0, 0.1) is 0 Å². The number of carbonyl (C=O) groups is 1. The lowest BCUT2D eigenvalue weighted by molar-refractivity contribution is 0.0607. The van der Waals surface area contributed by atoms with E-state index in [-0.39, 0.29) is 6.61 Å². The molecule has 1 N–H and O–H groups in total. The van der Waals surface area contributed by atoms with Crippen molar-refractivity contribution in [1.82, 2.24) is 10.2 Å². The molecule has 4 nitrogen and oxygen atoms in total. The smallest absolute Gasteiger partial charge is 0.410 e. The van der Waals surface area contributed by atoms with E-state index in [0.717, 1.165) is 12.1 Å². The molecule has 5 heteroatoms. The van der Waals surface area contributed by atoms with Crippen LogP contribution < -0.4 is 5.32 Å². The quantitative estimate of drug-likeness (QED) is 0.909. The lowest BCUT2D eigenvalue weighted by atomic mass is 10.0. The number of amides is 1. The zero-order valence-corrected chi connectivity index (χ0v) is 11.0. The van der Waals surface area contributed by atoms with Gasteiger partial charge in [-0.25, -0.2) is 9.18 Å². The number of piperidine rings is 1. The number of nitrogens with zero attached hydrogens (tertiary/aromatic N) is 1.